The maximum Gasteiger partial charge on any atom is 0.252 e. The molecule has 0 unspecified atom stereocenters. The van der Waals surface area contributed by atoms with Gasteiger partial charge in [-0.1, -0.05) is 0 Å². The Kier molecular flexibility index (Phi) is 4.11. The van der Waals surface area contributed by atoms with Gasteiger partial charge in [0.1, 0.15) is 0 Å². The Morgan fingerprint density at radius 1 is 1.55 bits per heavy atom. The standard InChI is InChI=1S/C16H22N4O2/c1-10(2)20-15-14(9-18-20)13(7-11(3)19-15)16(21)17-8-12-5-4-6-22-12/h7,9-10,12H,4-6,8H2,1-3H3,(H,17,21)/t12-/m1/s1. The fourth-order valence-corrected chi connectivity index (χ4v) is 2.82. The van der Waals surface area contributed by atoms with E-state index in [0.29, 0.717) is 12.1 Å². The molecule has 3 heterocycles. The second kappa shape index (κ2) is 6.04. The molecule has 0 aliphatic carbocycles. The average Bonchev–Trinajstić information content (AvgIpc) is 3.12. The fourth-order valence-electron chi connectivity index (χ4n) is 2.82. The molecule has 0 saturated carbocycles. The maximum atomic E-state index is 12.5. The molecule has 1 saturated heterocycles. The van der Waals surface area contributed by atoms with Gasteiger partial charge in [0, 0.05) is 24.9 Å². The molecule has 2 aromatic rings. The molecule has 1 amide bonds. The third-order valence-electron chi connectivity index (χ3n) is 3.94. The minimum Gasteiger partial charge on any atom is -0.376 e. The third-order valence-corrected chi connectivity index (χ3v) is 3.94. The summed E-state index contributed by atoms with van der Waals surface area (Å²) in [6.45, 7) is 7.34. The van der Waals surface area contributed by atoms with E-state index in [1.54, 1.807) is 6.20 Å². The van der Waals surface area contributed by atoms with Gasteiger partial charge in [-0.05, 0) is 39.7 Å². The molecule has 0 radical (unpaired) electrons. The topological polar surface area (TPSA) is 69.0 Å². The predicted molar refractivity (Wildman–Crippen MR) is 84.0 cm³/mol. The Hall–Kier alpha value is -1.95. The number of amides is 1. The summed E-state index contributed by atoms with van der Waals surface area (Å²) in [5, 5.41) is 8.13. The highest BCUT2D eigenvalue weighted by Gasteiger charge is 2.19. The molecule has 6 heteroatoms. The molecule has 1 aliphatic heterocycles. The van der Waals surface area contributed by atoms with Gasteiger partial charge in [0.2, 0.25) is 0 Å². The lowest BCUT2D eigenvalue weighted by molar-refractivity contribution is 0.0859. The van der Waals surface area contributed by atoms with Crippen LogP contribution in [0.25, 0.3) is 11.0 Å². The highest BCUT2D eigenvalue weighted by molar-refractivity contribution is 6.05. The molecule has 0 bridgehead atoms. The van der Waals surface area contributed by atoms with Crippen LogP contribution in [0.5, 0.6) is 0 Å². The first kappa shape index (κ1) is 15.0. The van der Waals surface area contributed by atoms with Crippen LogP contribution < -0.4 is 5.32 Å². The lowest BCUT2D eigenvalue weighted by Gasteiger charge is -2.12. The van der Waals surface area contributed by atoms with Crippen LogP contribution in [0.15, 0.2) is 12.3 Å². The van der Waals surface area contributed by atoms with Crippen molar-refractivity contribution in [3.05, 3.63) is 23.5 Å². The van der Waals surface area contributed by atoms with Gasteiger partial charge in [0.15, 0.2) is 5.65 Å². The average molecular weight is 302 g/mol. The molecule has 6 nitrogen and oxygen atoms in total. The molecule has 0 spiro atoms. The number of hydrogen-bond acceptors (Lipinski definition) is 4. The van der Waals surface area contributed by atoms with Crippen molar-refractivity contribution < 1.29 is 9.53 Å². The number of pyridine rings is 1. The number of carbonyl (C=O) groups excluding carboxylic acids is 1. The van der Waals surface area contributed by atoms with Crippen LogP contribution >= 0.6 is 0 Å². The Bertz CT molecular complexity index is 687. The van der Waals surface area contributed by atoms with Crippen LogP contribution in [0, 0.1) is 6.92 Å². The minimum atomic E-state index is -0.0886. The van der Waals surface area contributed by atoms with Crippen LogP contribution in [0.1, 0.15) is 48.8 Å². The first-order valence-corrected chi connectivity index (χ1v) is 7.81. The van der Waals surface area contributed by atoms with Crippen molar-refractivity contribution >= 4 is 16.9 Å². The van der Waals surface area contributed by atoms with Gasteiger partial charge in [-0.15, -0.1) is 0 Å². The maximum absolute atomic E-state index is 12.5. The fraction of sp³-hybridized carbons (Fsp3) is 0.562. The molecule has 2 aromatic heterocycles. The minimum absolute atomic E-state index is 0.0886. The monoisotopic (exact) mass is 302 g/mol. The summed E-state index contributed by atoms with van der Waals surface area (Å²) < 4.78 is 7.39. The molecule has 1 aliphatic rings. The number of ether oxygens (including phenoxy) is 1. The lowest BCUT2D eigenvalue weighted by atomic mass is 10.1. The number of rotatable bonds is 4. The van der Waals surface area contributed by atoms with Gasteiger partial charge < -0.3 is 10.1 Å². The second-order valence-electron chi connectivity index (χ2n) is 6.08. The molecule has 1 atom stereocenters. The van der Waals surface area contributed by atoms with E-state index in [2.05, 4.69) is 15.4 Å². The van der Waals surface area contributed by atoms with Crippen LogP contribution in [0.2, 0.25) is 0 Å². The first-order chi connectivity index (χ1) is 10.6. The van der Waals surface area contributed by atoms with Crippen molar-refractivity contribution in [3.63, 3.8) is 0 Å². The SMILES string of the molecule is Cc1cc(C(=O)NC[C@H]2CCCO2)c2cnn(C(C)C)c2n1. The number of aromatic nitrogens is 3. The van der Waals surface area contributed by atoms with Crippen LogP contribution in [-0.2, 0) is 4.74 Å². The van der Waals surface area contributed by atoms with Crippen molar-refractivity contribution in [3.8, 4) is 0 Å². The number of fused-ring (bicyclic) bond motifs is 1. The van der Waals surface area contributed by atoms with Crippen molar-refractivity contribution in [1.29, 1.82) is 0 Å². The smallest absolute Gasteiger partial charge is 0.252 e. The zero-order chi connectivity index (χ0) is 15.7. The van der Waals surface area contributed by atoms with Gasteiger partial charge in [-0.25, -0.2) is 9.67 Å². The summed E-state index contributed by atoms with van der Waals surface area (Å²) >= 11 is 0. The predicted octanol–water partition coefficient (Wildman–Crippen LogP) is 2.23. The summed E-state index contributed by atoms with van der Waals surface area (Å²) in [5.74, 6) is -0.0886. The highest BCUT2D eigenvalue weighted by atomic mass is 16.5. The largest absolute Gasteiger partial charge is 0.376 e. The zero-order valence-corrected chi connectivity index (χ0v) is 13.3. The van der Waals surface area contributed by atoms with E-state index in [1.807, 2.05) is 31.5 Å². The van der Waals surface area contributed by atoms with E-state index in [9.17, 15) is 4.79 Å². The number of nitrogens with zero attached hydrogens (tertiary/aromatic N) is 3. The van der Waals surface area contributed by atoms with Crippen molar-refractivity contribution in [2.75, 3.05) is 13.2 Å². The highest BCUT2D eigenvalue weighted by Crippen LogP contribution is 2.21. The van der Waals surface area contributed by atoms with Gasteiger partial charge in [-0.2, -0.15) is 5.10 Å². The number of nitrogens with one attached hydrogen (secondary N) is 1. The summed E-state index contributed by atoms with van der Waals surface area (Å²) in [4.78, 5) is 17.0. The lowest BCUT2D eigenvalue weighted by Crippen LogP contribution is -2.32. The van der Waals surface area contributed by atoms with E-state index in [-0.39, 0.29) is 18.1 Å². The summed E-state index contributed by atoms with van der Waals surface area (Å²) in [6.07, 6.45) is 3.94. The molecular weight excluding hydrogens is 280 g/mol. The summed E-state index contributed by atoms with van der Waals surface area (Å²) in [7, 11) is 0. The van der Waals surface area contributed by atoms with E-state index in [4.69, 9.17) is 4.74 Å². The van der Waals surface area contributed by atoms with Crippen LogP contribution in [0.4, 0.5) is 0 Å². The summed E-state index contributed by atoms with van der Waals surface area (Å²) in [5.41, 5.74) is 2.21. The summed E-state index contributed by atoms with van der Waals surface area (Å²) in [6, 6.07) is 2.02. The van der Waals surface area contributed by atoms with E-state index < -0.39 is 0 Å². The van der Waals surface area contributed by atoms with Gasteiger partial charge in [0.25, 0.3) is 5.91 Å². The molecule has 3 rings (SSSR count). The molecule has 0 aromatic carbocycles. The van der Waals surface area contributed by atoms with Crippen LogP contribution in [0.3, 0.4) is 0 Å². The molecule has 1 N–H and O–H groups in total. The Labute approximate surface area is 129 Å². The van der Waals surface area contributed by atoms with E-state index in [1.165, 1.54) is 0 Å². The van der Waals surface area contributed by atoms with Crippen molar-refractivity contribution in [1.82, 2.24) is 20.1 Å². The molecule has 118 valence electrons. The first-order valence-electron chi connectivity index (χ1n) is 7.81. The number of hydrogen-bond donors (Lipinski definition) is 1. The van der Waals surface area contributed by atoms with Gasteiger partial charge in [-0.3, -0.25) is 4.79 Å². The zero-order valence-electron chi connectivity index (χ0n) is 13.3. The Morgan fingerprint density at radius 3 is 3.05 bits per heavy atom. The third kappa shape index (κ3) is 2.83. The van der Waals surface area contributed by atoms with Gasteiger partial charge >= 0.3 is 0 Å². The Balaban J connectivity index is 1.87. The molecule has 1 fully saturated rings. The van der Waals surface area contributed by atoms with E-state index >= 15 is 0 Å². The Morgan fingerprint density at radius 2 is 2.36 bits per heavy atom. The quantitative estimate of drug-likeness (QED) is 0.940. The normalized spacial score (nSPS) is 18.3. The number of aryl methyl sites for hydroxylation is 1. The molecule has 22 heavy (non-hydrogen) atoms. The van der Waals surface area contributed by atoms with Crippen molar-refractivity contribution in [2.24, 2.45) is 0 Å². The molecular formula is C16H22N4O2. The van der Waals surface area contributed by atoms with Crippen LogP contribution in [-0.4, -0.2) is 39.9 Å². The van der Waals surface area contributed by atoms with Gasteiger partial charge in [0.05, 0.1) is 23.3 Å². The van der Waals surface area contributed by atoms with E-state index in [0.717, 1.165) is 36.2 Å². The number of carbonyl (C=O) groups is 1. The van der Waals surface area contributed by atoms with Crippen molar-refractivity contribution in [2.45, 2.75) is 45.8 Å². The second-order valence-corrected chi connectivity index (χ2v) is 6.08.